The zero-order valence-electron chi connectivity index (χ0n) is 13.9. The van der Waals surface area contributed by atoms with Gasteiger partial charge in [-0.05, 0) is 62.9 Å². The van der Waals surface area contributed by atoms with Crippen LogP contribution in [0.25, 0.3) is 0 Å². The summed E-state index contributed by atoms with van der Waals surface area (Å²) >= 11 is 0. The van der Waals surface area contributed by atoms with Gasteiger partial charge in [-0.2, -0.15) is 0 Å². The average molecular weight is 297 g/mol. The number of hydrogen-bond donors (Lipinski definition) is 1. The highest BCUT2D eigenvalue weighted by Gasteiger charge is 2.17. The molecule has 0 aliphatic carbocycles. The summed E-state index contributed by atoms with van der Waals surface area (Å²) in [6.07, 6.45) is -0.556. The maximum Gasteiger partial charge on any atom is 0.265 e. The van der Waals surface area contributed by atoms with Gasteiger partial charge in [0, 0.05) is 5.69 Å². The molecule has 3 nitrogen and oxygen atoms in total. The molecular weight excluding hydrogens is 274 g/mol. The van der Waals surface area contributed by atoms with Crippen molar-refractivity contribution in [1.82, 2.24) is 0 Å². The Balaban J connectivity index is 2.11. The largest absolute Gasteiger partial charge is 0.480 e. The van der Waals surface area contributed by atoms with Crippen molar-refractivity contribution < 1.29 is 9.53 Å². The van der Waals surface area contributed by atoms with E-state index in [1.807, 2.05) is 64.1 Å². The van der Waals surface area contributed by atoms with Crippen LogP contribution in [-0.2, 0) is 4.79 Å². The summed E-state index contributed by atoms with van der Waals surface area (Å²) in [6.45, 7) is 9.77. The summed E-state index contributed by atoms with van der Waals surface area (Å²) in [4.78, 5) is 12.4. The molecule has 0 aliphatic heterocycles. The predicted molar refractivity (Wildman–Crippen MR) is 90.6 cm³/mol. The van der Waals surface area contributed by atoms with E-state index in [-0.39, 0.29) is 5.91 Å². The number of hydrogen-bond acceptors (Lipinski definition) is 2. The molecule has 1 unspecified atom stereocenters. The minimum Gasteiger partial charge on any atom is -0.480 e. The van der Waals surface area contributed by atoms with Crippen LogP contribution in [0.4, 0.5) is 5.69 Å². The number of carbonyl (C=O) groups excluding carboxylic acids is 1. The molecule has 0 radical (unpaired) electrons. The normalized spacial score (nSPS) is 11.9. The highest BCUT2D eigenvalue weighted by atomic mass is 16.5. The lowest BCUT2D eigenvalue weighted by Gasteiger charge is -2.19. The molecule has 3 heteroatoms. The molecule has 116 valence electrons. The van der Waals surface area contributed by atoms with E-state index in [0.717, 1.165) is 33.7 Å². The molecule has 1 atom stereocenters. The molecule has 0 spiro atoms. The van der Waals surface area contributed by atoms with Crippen molar-refractivity contribution in [3.8, 4) is 5.75 Å². The fourth-order valence-corrected chi connectivity index (χ4v) is 2.34. The summed E-state index contributed by atoms with van der Waals surface area (Å²) in [5, 5.41) is 2.95. The molecule has 1 amide bonds. The van der Waals surface area contributed by atoms with Gasteiger partial charge in [0.25, 0.3) is 5.91 Å². The minimum absolute atomic E-state index is 0.142. The zero-order chi connectivity index (χ0) is 16.3. The lowest BCUT2D eigenvalue weighted by Crippen LogP contribution is -2.30. The molecule has 1 N–H and O–H groups in total. The van der Waals surface area contributed by atoms with Gasteiger partial charge in [0.2, 0.25) is 0 Å². The van der Waals surface area contributed by atoms with Gasteiger partial charge < -0.3 is 10.1 Å². The highest BCUT2D eigenvalue weighted by molar-refractivity contribution is 5.94. The Labute approximate surface area is 132 Å². The van der Waals surface area contributed by atoms with Crippen LogP contribution in [0, 0.1) is 27.7 Å². The fourth-order valence-electron chi connectivity index (χ4n) is 2.34. The number of nitrogens with one attached hydrogen (secondary N) is 1. The number of amides is 1. The topological polar surface area (TPSA) is 38.3 Å². The molecule has 0 fully saturated rings. The van der Waals surface area contributed by atoms with Gasteiger partial charge in [0.15, 0.2) is 6.10 Å². The van der Waals surface area contributed by atoms with Crippen LogP contribution < -0.4 is 10.1 Å². The Morgan fingerprint density at radius 2 is 1.50 bits per heavy atom. The first-order valence-corrected chi connectivity index (χ1v) is 7.50. The first-order valence-electron chi connectivity index (χ1n) is 7.50. The maximum absolute atomic E-state index is 12.4. The van der Waals surface area contributed by atoms with Gasteiger partial charge in [-0.25, -0.2) is 0 Å². The summed E-state index contributed by atoms with van der Waals surface area (Å²) in [5.41, 5.74) is 5.14. The van der Waals surface area contributed by atoms with Crippen molar-refractivity contribution in [3.63, 3.8) is 0 Å². The summed E-state index contributed by atoms with van der Waals surface area (Å²) in [7, 11) is 0. The van der Waals surface area contributed by atoms with Crippen molar-refractivity contribution >= 4 is 11.6 Å². The number of carbonyl (C=O) groups is 1. The molecule has 0 heterocycles. The van der Waals surface area contributed by atoms with E-state index in [4.69, 9.17) is 4.74 Å². The van der Waals surface area contributed by atoms with Crippen LogP contribution >= 0.6 is 0 Å². The lowest BCUT2D eigenvalue weighted by molar-refractivity contribution is -0.122. The van der Waals surface area contributed by atoms with Crippen LogP contribution in [0.1, 0.15) is 29.2 Å². The predicted octanol–water partition coefficient (Wildman–Crippen LogP) is 4.33. The van der Waals surface area contributed by atoms with Crippen molar-refractivity contribution in [2.24, 2.45) is 0 Å². The van der Waals surface area contributed by atoms with Crippen LogP contribution in [0.2, 0.25) is 0 Å². The number of ether oxygens (including phenoxy) is 1. The number of rotatable bonds is 4. The van der Waals surface area contributed by atoms with Gasteiger partial charge in [0.05, 0.1) is 0 Å². The van der Waals surface area contributed by atoms with Crippen LogP contribution in [0.3, 0.4) is 0 Å². The molecule has 0 saturated heterocycles. The Morgan fingerprint density at radius 3 is 2.14 bits per heavy atom. The number of aryl methyl sites for hydroxylation is 3. The number of anilines is 1. The molecular formula is C19H23NO2. The lowest BCUT2D eigenvalue weighted by atomic mass is 10.1. The molecule has 0 bridgehead atoms. The van der Waals surface area contributed by atoms with E-state index in [1.54, 1.807) is 6.92 Å². The second-order valence-corrected chi connectivity index (χ2v) is 5.72. The Kier molecular flexibility index (Phi) is 4.86. The molecule has 0 aromatic heterocycles. The Bertz CT molecular complexity index is 672. The molecule has 22 heavy (non-hydrogen) atoms. The van der Waals surface area contributed by atoms with Crippen molar-refractivity contribution in [2.75, 3.05) is 5.32 Å². The molecule has 0 aliphatic rings. The smallest absolute Gasteiger partial charge is 0.265 e. The second kappa shape index (κ2) is 6.65. The summed E-state index contributed by atoms with van der Waals surface area (Å²) < 4.78 is 5.87. The Hall–Kier alpha value is -2.29. The van der Waals surface area contributed by atoms with Crippen molar-refractivity contribution in [3.05, 3.63) is 58.7 Å². The third kappa shape index (κ3) is 3.48. The number of benzene rings is 2. The zero-order valence-corrected chi connectivity index (χ0v) is 13.9. The van der Waals surface area contributed by atoms with E-state index in [2.05, 4.69) is 5.32 Å². The van der Waals surface area contributed by atoms with Gasteiger partial charge in [-0.15, -0.1) is 0 Å². The van der Waals surface area contributed by atoms with Gasteiger partial charge in [0.1, 0.15) is 5.75 Å². The third-order valence-corrected chi connectivity index (χ3v) is 3.94. The van der Waals surface area contributed by atoms with Gasteiger partial charge in [-0.1, -0.05) is 30.3 Å². The monoisotopic (exact) mass is 297 g/mol. The quantitative estimate of drug-likeness (QED) is 0.912. The summed E-state index contributed by atoms with van der Waals surface area (Å²) in [6, 6.07) is 11.8. The van der Waals surface area contributed by atoms with Crippen LogP contribution in [0.5, 0.6) is 5.75 Å². The van der Waals surface area contributed by atoms with Crippen LogP contribution in [-0.4, -0.2) is 12.0 Å². The van der Waals surface area contributed by atoms with E-state index in [0.29, 0.717) is 0 Å². The molecule has 2 aromatic rings. The van der Waals surface area contributed by atoms with E-state index in [1.165, 1.54) is 0 Å². The first kappa shape index (κ1) is 16.1. The fraction of sp³-hybridized carbons (Fsp3) is 0.316. The molecule has 0 saturated carbocycles. The van der Waals surface area contributed by atoms with Gasteiger partial charge >= 0.3 is 0 Å². The maximum atomic E-state index is 12.4. The SMILES string of the molecule is Cc1cccc(NC(=O)C(C)Oc2c(C)cccc2C)c1C. The van der Waals surface area contributed by atoms with E-state index < -0.39 is 6.10 Å². The first-order chi connectivity index (χ1) is 10.4. The molecule has 2 aromatic carbocycles. The Morgan fingerprint density at radius 1 is 0.955 bits per heavy atom. The summed E-state index contributed by atoms with van der Waals surface area (Å²) in [5.74, 6) is 0.641. The second-order valence-electron chi connectivity index (χ2n) is 5.72. The van der Waals surface area contributed by atoms with Crippen molar-refractivity contribution in [2.45, 2.75) is 40.7 Å². The van der Waals surface area contributed by atoms with E-state index >= 15 is 0 Å². The van der Waals surface area contributed by atoms with Crippen molar-refractivity contribution in [1.29, 1.82) is 0 Å². The van der Waals surface area contributed by atoms with Gasteiger partial charge in [-0.3, -0.25) is 4.79 Å². The number of para-hydroxylation sites is 1. The standard InChI is InChI=1S/C19H23NO2/c1-12-8-7-11-17(15(12)4)20-19(21)16(5)22-18-13(2)9-6-10-14(18)3/h6-11,16H,1-5H3,(H,20,21). The third-order valence-electron chi connectivity index (χ3n) is 3.94. The van der Waals surface area contributed by atoms with E-state index in [9.17, 15) is 4.79 Å². The average Bonchev–Trinajstić information content (AvgIpc) is 2.47. The minimum atomic E-state index is -0.556. The highest BCUT2D eigenvalue weighted by Crippen LogP contribution is 2.24. The molecule has 2 rings (SSSR count). The van der Waals surface area contributed by atoms with Crippen LogP contribution in [0.15, 0.2) is 36.4 Å².